The van der Waals surface area contributed by atoms with Crippen LogP contribution in [0.5, 0.6) is 0 Å². The Bertz CT molecular complexity index is 242. The number of halogens is 3. The summed E-state index contributed by atoms with van der Waals surface area (Å²) in [6.07, 6.45) is -4.22. The van der Waals surface area contributed by atoms with Gasteiger partial charge in [-0.2, -0.15) is 13.2 Å². The van der Waals surface area contributed by atoms with Crippen LogP contribution in [0.25, 0.3) is 0 Å². The summed E-state index contributed by atoms with van der Waals surface area (Å²) >= 11 is 0. The summed E-state index contributed by atoms with van der Waals surface area (Å²) in [5.41, 5.74) is -0.608. The van der Waals surface area contributed by atoms with Crippen LogP contribution in [0.1, 0.15) is 5.56 Å². The minimum absolute atomic E-state index is 0. The van der Waals surface area contributed by atoms with E-state index in [4.69, 9.17) is 0 Å². The second-order valence-corrected chi connectivity index (χ2v) is 2.79. The first-order valence-corrected chi connectivity index (χ1v) is 3.50. The molecule has 0 nitrogen and oxygen atoms in total. The Kier molecular flexibility index (Phi) is 3.78. The summed E-state index contributed by atoms with van der Waals surface area (Å²) in [5.74, 6) is 0. The molecular weight excluding hydrogens is 183 g/mol. The van der Waals surface area contributed by atoms with Crippen molar-refractivity contribution < 1.29 is 13.2 Å². The van der Waals surface area contributed by atoms with Crippen molar-refractivity contribution in [3.63, 3.8) is 0 Å². The van der Waals surface area contributed by atoms with Crippen molar-refractivity contribution in [3.8, 4) is 0 Å². The highest BCUT2D eigenvalue weighted by molar-refractivity contribution is 7.27. The van der Waals surface area contributed by atoms with Gasteiger partial charge in [0, 0.05) is 8.41 Å². The maximum absolute atomic E-state index is 11.9. The molecule has 0 N–H and O–H groups in total. The average Bonchev–Trinajstić information content (AvgIpc) is 1.86. The highest BCUT2D eigenvalue weighted by Crippen LogP contribution is 2.28. The Morgan fingerprint density at radius 2 is 1.42 bits per heavy atom. The van der Waals surface area contributed by atoms with Crippen molar-refractivity contribution in [1.29, 1.82) is 0 Å². The van der Waals surface area contributed by atoms with Crippen molar-refractivity contribution in [2.24, 2.45) is 0 Å². The van der Waals surface area contributed by atoms with Gasteiger partial charge in [-0.3, -0.25) is 0 Å². The van der Waals surface area contributed by atoms with Gasteiger partial charge in [0.1, 0.15) is 0 Å². The minimum atomic E-state index is -4.22. The molecule has 5 heteroatoms. The van der Waals surface area contributed by atoms with E-state index in [0.29, 0.717) is 0 Å². The highest BCUT2D eigenvalue weighted by Gasteiger charge is 2.29. The Labute approximate surface area is 72.9 Å². The number of hydrogen-bond acceptors (Lipinski definition) is 0. The molecule has 0 aromatic heterocycles. The first-order valence-electron chi connectivity index (χ1n) is 2.93. The predicted octanol–water partition coefficient (Wildman–Crippen LogP) is 1.82. The first kappa shape index (κ1) is 11.5. The third-order valence-corrected chi connectivity index (χ3v) is 1.62. The fourth-order valence-corrected chi connectivity index (χ4v) is 0.865. The molecule has 0 fully saturated rings. The molecule has 1 aromatic rings. The van der Waals surface area contributed by atoms with Crippen molar-refractivity contribution >= 4 is 23.0 Å². The van der Waals surface area contributed by atoms with Crippen LogP contribution in [0.4, 0.5) is 13.2 Å². The largest absolute Gasteiger partial charge is 0.416 e. The topological polar surface area (TPSA) is 0 Å². The standard InChI is InChI=1S/C7H6F3P.B/c8-7(9,10)5-1-3-6(11)4-2-5;/h1-4H,11H2;. The molecule has 0 saturated carbocycles. The monoisotopic (exact) mass is 189 g/mol. The molecule has 63 valence electrons. The molecule has 0 saturated heterocycles. The molecule has 1 rings (SSSR count). The number of hydrogen-bond donors (Lipinski definition) is 0. The number of benzene rings is 1. The van der Waals surface area contributed by atoms with Gasteiger partial charge in [0.05, 0.1) is 5.56 Å². The van der Waals surface area contributed by atoms with Crippen molar-refractivity contribution in [2.45, 2.75) is 6.18 Å². The van der Waals surface area contributed by atoms with E-state index in [9.17, 15) is 13.2 Å². The summed E-state index contributed by atoms with van der Waals surface area (Å²) < 4.78 is 35.7. The zero-order chi connectivity index (χ0) is 8.48. The fraction of sp³-hybridized carbons (Fsp3) is 0.143. The van der Waals surface area contributed by atoms with Crippen LogP contribution in [0.3, 0.4) is 0 Å². The molecule has 0 amide bonds. The molecule has 1 unspecified atom stereocenters. The predicted molar refractivity (Wildman–Crippen MR) is 46.5 cm³/mol. The lowest BCUT2D eigenvalue weighted by Crippen LogP contribution is -2.05. The van der Waals surface area contributed by atoms with Crippen molar-refractivity contribution in [1.82, 2.24) is 0 Å². The van der Waals surface area contributed by atoms with E-state index in [1.165, 1.54) is 12.1 Å². The second kappa shape index (κ2) is 3.95. The Morgan fingerprint density at radius 3 is 1.75 bits per heavy atom. The van der Waals surface area contributed by atoms with Crippen LogP contribution in [0.15, 0.2) is 24.3 Å². The lowest BCUT2D eigenvalue weighted by molar-refractivity contribution is -0.137. The van der Waals surface area contributed by atoms with Crippen LogP contribution in [0.2, 0.25) is 0 Å². The lowest BCUT2D eigenvalue weighted by Gasteiger charge is -2.05. The second-order valence-electron chi connectivity index (χ2n) is 2.12. The van der Waals surface area contributed by atoms with Gasteiger partial charge < -0.3 is 0 Å². The van der Waals surface area contributed by atoms with Gasteiger partial charge in [0.2, 0.25) is 0 Å². The maximum atomic E-state index is 11.9. The van der Waals surface area contributed by atoms with E-state index in [1.807, 2.05) is 0 Å². The van der Waals surface area contributed by atoms with E-state index < -0.39 is 11.7 Å². The van der Waals surface area contributed by atoms with Crippen molar-refractivity contribution in [3.05, 3.63) is 29.8 Å². The molecule has 1 atom stereocenters. The molecule has 0 aliphatic carbocycles. The van der Waals surface area contributed by atoms with Gasteiger partial charge in [0.25, 0.3) is 0 Å². The van der Waals surface area contributed by atoms with Gasteiger partial charge in [0.15, 0.2) is 0 Å². The molecule has 3 radical (unpaired) electrons. The van der Waals surface area contributed by atoms with E-state index >= 15 is 0 Å². The van der Waals surface area contributed by atoms with Gasteiger partial charge >= 0.3 is 6.18 Å². The molecule has 0 aliphatic rings. The van der Waals surface area contributed by atoms with E-state index in [2.05, 4.69) is 9.24 Å². The third kappa shape index (κ3) is 2.86. The number of alkyl halides is 3. The molecule has 1 aromatic carbocycles. The lowest BCUT2D eigenvalue weighted by atomic mass is 10.2. The van der Waals surface area contributed by atoms with Crippen LogP contribution in [-0.2, 0) is 6.18 Å². The Hall–Kier alpha value is -0.495. The molecule has 12 heavy (non-hydrogen) atoms. The normalized spacial score (nSPS) is 10.7. The summed E-state index contributed by atoms with van der Waals surface area (Å²) in [7, 11) is 2.33. The Morgan fingerprint density at radius 1 is 1.00 bits per heavy atom. The van der Waals surface area contributed by atoms with Gasteiger partial charge in [-0.1, -0.05) is 12.1 Å². The third-order valence-electron chi connectivity index (χ3n) is 1.24. The van der Waals surface area contributed by atoms with Crippen molar-refractivity contribution in [2.75, 3.05) is 0 Å². The molecular formula is C7H6BF3P. The fourth-order valence-electron chi connectivity index (χ4n) is 0.672. The molecule has 0 aliphatic heterocycles. The highest BCUT2D eigenvalue weighted by atomic mass is 31.0. The number of rotatable bonds is 0. The van der Waals surface area contributed by atoms with E-state index in [0.717, 1.165) is 17.4 Å². The SMILES string of the molecule is FC(F)(F)c1ccc(P)cc1.[B]. The van der Waals surface area contributed by atoms with Gasteiger partial charge in [-0.05, 0) is 17.4 Å². The zero-order valence-corrected chi connectivity index (χ0v) is 7.25. The first-order chi connectivity index (χ1) is 5.00. The maximum Gasteiger partial charge on any atom is 0.416 e. The average molecular weight is 189 g/mol. The van der Waals surface area contributed by atoms with E-state index in [-0.39, 0.29) is 8.41 Å². The van der Waals surface area contributed by atoms with Crippen LogP contribution in [0, 0.1) is 0 Å². The van der Waals surface area contributed by atoms with Gasteiger partial charge in [-0.25, -0.2) is 0 Å². The van der Waals surface area contributed by atoms with Crippen LogP contribution >= 0.6 is 9.24 Å². The minimum Gasteiger partial charge on any atom is -0.166 e. The van der Waals surface area contributed by atoms with Crippen LogP contribution in [-0.4, -0.2) is 8.41 Å². The summed E-state index contributed by atoms with van der Waals surface area (Å²) in [6, 6.07) is 4.94. The van der Waals surface area contributed by atoms with Crippen LogP contribution < -0.4 is 5.30 Å². The molecule has 0 spiro atoms. The zero-order valence-electron chi connectivity index (χ0n) is 6.10. The Balaban J connectivity index is 0.00000121. The summed E-state index contributed by atoms with van der Waals surface area (Å²) in [6.45, 7) is 0. The van der Waals surface area contributed by atoms with E-state index in [1.54, 1.807) is 0 Å². The summed E-state index contributed by atoms with van der Waals surface area (Å²) in [4.78, 5) is 0. The molecule has 0 bridgehead atoms. The molecule has 0 heterocycles. The van der Waals surface area contributed by atoms with Gasteiger partial charge in [-0.15, -0.1) is 9.24 Å². The smallest absolute Gasteiger partial charge is 0.166 e. The summed E-state index contributed by atoms with van der Waals surface area (Å²) in [5, 5.41) is 0.748. The quantitative estimate of drug-likeness (QED) is 0.431.